The van der Waals surface area contributed by atoms with Crippen molar-refractivity contribution in [1.82, 2.24) is 19.8 Å². The topological polar surface area (TPSA) is 117 Å². The maximum absolute atomic E-state index is 13.8. The lowest BCUT2D eigenvalue weighted by molar-refractivity contribution is -0.295. The minimum atomic E-state index is -5.03. The van der Waals surface area contributed by atoms with Crippen LogP contribution in [0.5, 0.6) is 0 Å². The summed E-state index contributed by atoms with van der Waals surface area (Å²) < 4.78 is 42.4. The number of halogens is 3. The first-order valence-corrected chi connectivity index (χ1v) is 7.81. The number of nitrogens with two attached hydrogens (primary N) is 1. The number of amidine groups is 1. The molecule has 0 radical (unpaired) electrons. The summed E-state index contributed by atoms with van der Waals surface area (Å²) in [5.74, 6) is -0.185. The standard InChI is InChI=1S/C15H13F3N8O/c16-15(17,18)14(27)7-10(9-4-2-1-3-5-9)24-26(14)13-23-22-11(19)6-12-20-8-21-25(12)13/h1-5,8,27H,6-7H2,(H2,19,22)/t14-/m1/s1. The van der Waals surface area contributed by atoms with E-state index in [1.807, 2.05) is 0 Å². The van der Waals surface area contributed by atoms with Crippen LogP contribution in [0.25, 0.3) is 0 Å². The van der Waals surface area contributed by atoms with Gasteiger partial charge in [-0.25, -0.2) is 4.98 Å². The van der Waals surface area contributed by atoms with Gasteiger partial charge in [0.2, 0.25) is 0 Å². The lowest BCUT2D eigenvalue weighted by Crippen LogP contribution is -2.58. The van der Waals surface area contributed by atoms with Crippen LogP contribution in [0.1, 0.15) is 17.8 Å². The van der Waals surface area contributed by atoms with E-state index in [0.717, 1.165) is 11.0 Å². The molecule has 0 unspecified atom stereocenters. The molecule has 1 aromatic carbocycles. The van der Waals surface area contributed by atoms with Gasteiger partial charge in [0, 0.05) is 0 Å². The van der Waals surface area contributed by atoms with Crippen LogP contribution in [-0.4, -0.2) is 54.3 Å². The summed E-state index contributed by atoms with van der Waals surface area (Å²) >= 11 is 0. The van der Waals surface area contributed by atoms with Crippen LogP contribution in [0, 0.1) is 0 Å². The number of aromatic nitrogens is 3. The molecule has 140 valence electrons. The highest BCUT2D eigenvalue weighted by atomic mass is 19.4. The molecule has 9 nitrogen and oxygen atoms in total. The van der Waals surface area contributed by atoms with Crippen LogP contribution < -0.4 is 5.73 Å². The van der Waals surface area contributed by atoms with E-state index in [1.54, 1.807) is 30.3 Å². The third-order valence-electron chi connectivity index (χ3n) is 4.15. The monoisotopic (exact) mass is 378 g/mol. The molecule has 3 N–H and O–H groups in total. The van der Waals surface area contributed by atoms with Gasteiger partial charge >= 0.3 is 6.18 Å². The molecule has 0 amide bonds. The van der Waals surface area contributed by atoms with Gasteiger partial charge in [-0.15, -0.1) is 10.2 Å². The zero-order chi connectivity index (χ0) is 19.2. The molecule has 2 aromatic rings. The second-order valence-corrected chi connectivity index (χ2v) is 5.97. The van der Waals surface area contributed by atoms with E-state index >= 15 is 0 Å². The third-order valence-corrected chi connectivity index (χ3v) is 4.15. The number of alkyl halides is 3. The Morgan fingerprint density at radius 2 is 1.89 bits per heavy atom. The van der Waals surface area contributed by atoms with Crippen LogP contribution >= 0.6 is 0 Å². The fourth-order valence-corrected chi connectivity index (χ4v) is 2.80. The Hall–Kier alpha value is -3.28. The molecule has 0 spiro atoms. The number of benzene rings is 1. The Morgan fingerprint density at radius 1 is 1.15 bits per heavy atom. The largest absolute Gasteiger partial charge is 0.438 e. The molecule has 0 saturated heterocycles. The number of hydrazone groups is 1. The second-order valence-electron chi connectivity index (χ2n) is 5.97. The summed E-state index contributed by atoms with van der Waals surface area (Å²) in [7, 11) is 0. The van der Waals surface area contributed by atoms with Crippen LogP contribution in [-0.2, 0) is 6.42 Å². The maximum atomic E-state index is 13.8. The molecule has 2 aliphatic heterocycles. The van der Waals surface area contributed by atoms with Crippen molar-refractivity contribution in [3.8, 4) is 0 Å². The van der Waals surface area contributed by atoms with E-state index in [1.165, 1.54) is 0 Å². The minimum Gasteiger partial charge on any atom is -0.385 e. The second kappa shape index (κ2) is 5.87. The van der Waals surface area contributed by atoms with Gasteiger partial charge in [-0.05, 0) is 5.56 Å². The Bertz CT molecular complexity index is 965. The summed E-state index contributed by atoms with van der Waals surface area (Å²) in [6.07, 6.45) is -4.63. The molecule has 0 bridgehead atoms. The number of fused-ring (bicyclic) bond motifs is 1. The van der Waals surface area contributed by atoms with Crippen LogP contribution in [0.4, 0.5) is 13.2 Å². The number of hydrogen-bond acceptors (Lipinski definition) is 8. The molecule has 1 aromatic heterocycles. The zero-order valence-corrected chi connectivity index (χ0v) is 13.7. The normalized spacial score (nSPS) is 22.7. The Kier molecular flexibility index (Phi) is 3.73. The van der Waals surface area contributed by atoms with Gasteiger partial charge in [0.1, 0.15) is 18.0 Å². The highest BCUT2D eigenvalue weighted by Gasteiger charge is 2.63. The van der Waals surface area contributed by atoms with Crippen molar-refractivity contribution in [2.24, 2.45) is 21.0 Å². The predicted molar refractivity (Wildman–Crippen MR) is 88.6 cm³/mol. The molecule has 0 saturated carbocycles. The van der Waals surface area contributed by atoms with Gasteiger partial charge < -0.3 is 10.8 Å². The Labute approximate surface area is 150 Å². The smallest absolute Gasteiger partial charge is 0.385 e. The van der Waals surface area contributed by atoms with Crippen molar-refractivity contribution in [1.29, 1.82) is 0 Å². The average molecular weight is 378 g/mol. The van der Waals surface area contributed by atoms with E-state index in [2.05, 4.69) is 25.4 Å². The van der Waals surface area contributed by atoms with Crippen molar-refractivity contribution in [3.05, 3.63) is 48.0 Å². The molecule has 2 aliphatic rings. The highest BCUT2D eigenvalue weighted by Crippen LogP contribution is 2.41. The van der Waals surface area contributed by atoms with Crippen molar-refractivity contribution < 1.29 is 18.3 Å². The SMILES string of the molecule is NC1=NN=C(N2N=C(c3ccccc3)C[C@@]2(O)C(F)(F)F)n2ncnc2C1. The molecule has 0 fully saturated rings. The van der Waals surface area contributed by atoms with E-state index in [9.17, 15) is 18.3 Å². The lowest BCUT2D eigenvalue weighted by Gasteiger charge is -2.33. The molecule has 3 heterocycles. The first-order valence-electron chi connectivity index (χ1n) is 7.81. The number of aliphatic hydroxyl groups is 1. The minimum absolute atomic E-state index is 0.0422. The van der Waals surface area contributed by atoms with E-state index < -0.39 is 24.3 Å². The highest BCUT2D eigenvalue weighted by molar-refractivity contribution is 6.04. The number of hydrogen-bond donors (Lipinski definition) is 2. The van der Waals surface area contributed by atoms with Gasteiger partial charge in [0.05, 0.1) is 18.6 Å². The maximum Gasteiger partial charge on any atom is 0.438 e. The molecule has 27 heavy (non-hydrogen) atoms. The quantitative estimate of drug-likeness (QED) is 0.756. The molecule has 4 rings (SSSR count). The first kappa shape index (κ1) is 17.1. The van der Waals surface area contributed by atoms with Gasteiger partial charge in [-0.3, -0.25) is 0 Å². The lowest BCUT2D eigenvalue weighted by atomic mass is 10.0. The van der Waals surface area contributed by atoms with Gasteiger partial charge in [0.25, 0.3) is 11.7 Å². The summed E-state index contributed by atoms with van der Waals surface area (Å²) in [5, 5.41) is 26.2. The van der Waals surface area contributed by atoms with Crippen molar-refractivity contribution in [3.63, 3.8) is 0 Å². The molecule has 1 atom stereocenters. The van der Waals surface area contributed by atoms with Crippen molar-refractivity contribution >= 4 is 17.5 Å². The van der Waals surface area contributed by atoms with E-state index in [0.29, 0.717) is 10.6 Å². The Balaban J connectivity index is 1.87. The fraction of sp³-hybridized carbons (Fsp3) is 0.267. The Morgan fingerprint density at radius 3 is 2.59 bits per heavy atom. The first-order chi connectivity index (χ1) is 12.8. The summed E-state index contributed by atoms with van der Waals surface area (Å²) in [4.78, 5) is 3.95. The van der Waals surface area contributed by atoms with Crippen LogP contribution in [0.15, 0.2) is 52.0 Å². The number of rotatable bonds is 1. The van der Waals surface area contributed by atoms with Crippen molar-refractivity contribution in [2.45, 2.75) is 24.7 Å². The molecule has 12 heteroatoms. The summed E-state index contributed by atoms with van der Waals surface area (Å²) in [5.41, 5.74) is 2.83. The summed E-state index contributed by atoms with van der Waals surface area (Å²) in [6.45, 7) is 0. The fourth-order valence-electron chi connectivity index (χ4n) is 2.80. The van der Waals surface area contributed by atoms with Crippen molar-refractivity contribution in [2.75, 3.05) is 0 Å². The molecule has 0 aliphatic carbocycles. The van der Waals surface area contributed by atoms with Gasteiger partial charge in [0.15, 0.2) is 0 Å². The van der Waals surface area contributed by atoms with Gasteiger partial charge in [-0.1, -0.05) is 30.3 Å². The third kappa shape index (κ3) is 2.73. The molecular formula is C15H13F3N8O. The van der Waals surface area contributed by atoms with E-state index in [-0.39, 0.29) is 23.8 Å². The zero-order valence-electron chi connectivity index (χ0n) is 13.7. The predicted octanol–water partition coefficient (Wildman–Crippen LogP) is 0.671. The molecular weight excluding hydrogens is 365 g/mol. The van der Waals surface area contributed by atoms with Crippen LogP contribution in [0.2, 0.25) is 0 Å². The number of nitrogens with zero attached hydrogens (tertiary/aromatic N) is 7. The van der Waals surface area contributed by atoms with Crippen LogP contribution in [0.3, 0.4) is 0 Å². The van der Waals surface area contributed by atoms with E-state index in [4.69, 9.17) is 5.73 Å². The summed E-state index contributed by atoms with van der Waals surface area (Å²) in [6, 6.07) is 8.26. The van der Waals surface area contributed by atoms with Gasteiger partial charge in [-0.2, -0.15) is 33.1 Å². The average Bonchev–Trinajstić information content (AvgIpc) is 3.18.